The zero-order valence-electron chi connectivity index (χ0n) is 28.0. The fraction of sp³-hybridized carbons (Fsp3) is 0. The molecule has 3 aromatic heterocycles. The summed E-state index contributed by atoms with van der Waals surface area (Å²) >= 11 is 0. The van der Waals surface area contributed by atoms with Crippen molar-refractivity contribution in [2.45, 2.75) is 0 Å². The van der Waals surface area contributed by atoms with Gasteiger partial charge in [0.05, 0.1) is 27.8 Å². The number of nitrogens with zero attached hydrogens (tertiary/aromatic N) is 2. The summed E-state index contributed by atoms with van der Waals surface area (Å²) < 4.78 is 17.4. The minimum absolute atomic E-state index is 0.808. The molecule has 3 heterocycles. The second-order valence-corrected chi connectivity index (χ2v) is 13.3. The predicted molar refractivity (Wildman–Crippen MR) is 214 cm³/mol. The van der Waals surface area contributed by atoms with Gasteiger partial charge in [0.1, 0.15) is 17.1 Å². The molecule has 244 valence electrons. The first-order valence-electron chi connectivity index (χ1n) is 17.6. The minimum Gasteiger partial charge on any atom is -0.457 e. The van der Waals surface area contributed by atoms with Crippen LogP contribution >= 0.6 is 0 Å². The average molecular weight is 667 g/mol. The molecule has 0 saturated heterocycles. The van der Waals surface area contributed by atoms with Crippen LogP contribution in [0.5, 0.6) is 11.5 Å². The van der Waals surface area contributed by atoms with E-state index in [1.54, 1.807) is 0 Å². The normalized spacial score (nSPS) is 11.8. The molecule has 0 amide bonds. The monoisotopic (exact) mass is 666 g/mol. The second kappa shape index (κ2) is 11.2. The van der Waals surface area contributed by atoms with E-state index in [0.29, 0.717) is 0 Å². The Morgan fingerprint density at radius 3 is 1.79 bits per heavy atom. The first-order chi connectivity index (χ1) is 25.8. The lowest BCUT2D eigenvalue weighted by Crippen LogP contribution is -1.95. The van der Waals surface area contributed by atoms with Gasteiger partial charge in [0.2, 0.25) is 0 Å². The number of para-hydroxylation sites is 5. The number of benzene rings is 8. The summed E-state index contributed by atoms with van der Waals surface area (Å²) in [6, 6.07) is 64.0. The van der Waals surface area contributed by atoms with Gasteiger partial charge in [-0.25, -0.2) is 0 Å². The van der Waals surface area contributed by atoms with Crippen molar-refractivity contribution in [1.82, 2.24) is 9.13 Å². The van der Waals surface area contributed by atoms with Gasteiger partial charge in [0, 0.05) is 38.0 Å². The summed E-state index contributed by atoms with van der Waals surface area (Å²) in [5, 5.41) is 7.11. The van der Waals surface area contributed by atoms with Crippen molar-refractivity contribution >= 4 is 65.6 Å². The number of rotatable bonds is 5. The lowest BCUT2D eigenvalue weighted by atomic mass is 10.0. The molecule has 0 aliphatic rings. The smallest absolute Gasteiger partial charge is 0.159 e. The van der Waals surface area contributed by atoms with Crippen LogP contribution in [0, 0.1) is 0 Å². The van der Waals surface area contributed by atoms with Gasteiger partial charge < -0.3 is 18.3 Å². The van der Waals surface area contributed by atoms with Crippen molar-refractivity contribution < 1.29 is 9.15 Å². The minimum atomic E-state index is 0.808. The molecule has 0 unspecified atom stereocenters. The third-order valence-electron chi connectivity index (χ3n) is 10.4. The largest absolute Gasteiger partial charge is 0.457 e. The summed E-state index contributed by atoms with van der Waals surface area (Å²) in [5.41, 5.74) is 10.9. The van der Waals surface area contributed by atoms with Crippen LogP contribution < -0.4 is 4.74 Å². The van der Waals surface area contributed by atoms with E-state index in [1.165, 1.54) is 32.6 Å². The quantitative estimate of drug-likeness (QED) is 0.183. The van der Waals surface area contributed by atoms with Crippen LogP contribution in [0.4, 0.5) is 0 Å². The summed E-state index contributed by atoms with van der Waals surface area (Å²) in [4.78, 5) is 0. The van der Waals surface area contributed by atoms with Crippen LogP contribution in [0.1, 0.15) is 0 Å². The first-order valence-corrected chi connectivity index (χ1v) is 17.6. The van der Waals surface area contributed by atoms with Crippen molar-refractivity contribution in [3.8, 4) is 34.0 Å². The highest BCUT2D eigenvalue weighted by molar-refractivity contribution is 6.14. The van der Waals surface area contributed by atoms with Crippen LogP contribution in [-0.4, -0.2) is 9.13 Å². The van der Waals surface area contributed by atoms with E-state index >= 15 is 0 Å². The van der Waals surface area contributed by atoms with Gasteiger partial charge in [-0.1, -0.05) is 103 Å². The van der Waals surface area contributed by atoms with E-state index in [-0.39, 0.29) is 0 Å². The van der Waals surface area contributed by atoms with Crippen LogP contribution in [0.25, 0.3) is 88.1 Å². The Morgan fingerprint density at radius 1 is 0.365 bits per heavy atom. The van der Waals surface area contributed by atoms with Gasteiger partial charge in [-0.15, -0.1) is 0 Å². The molecule has 0 spiro atoms. The van der Waals surface area contributed by atoms with Gasteiger partial charge in [-0.3, -0.25) is 0 Å². The Labute approximate surface area is 298 Å². The summed E-state index contributed by atoms with van der Waals surface area (Å²) in [6.45, 7) is 0. The molecule has 52 heavy (non-hydrogen) atoms. The SMILES string of the molecule is c1ccc(Oc2ccc(-n3c4ccccc4c4cc(-c5ccc6c7ccccc7n(-c7cccc8c7oc7ccccc78)c6c5)ccc43)cc2)cc1. The average Bonchev–Trinajstić information content (AvgIpc) is 3.86. The molecular formula is C48H30N2O2. The Bertz CT molecular complexity index is 3150. The highest BCUT2D eigenvalue weighted by atomic mass is 16.5. The van der Waals surface area contributed by atoms with Crippen molar-refractivity contribution in [2.24, 2.45) is 0 Å². The highest BCUT2D eigenvalue weighted by Gasteiger charge is 2.19. The van der Waals surface area contributed by atoms with E-state index in [2.05, 4.69) is 137 Å². The van der Waals surface area contributed by atoms with E-state index in [9.17, 15) is 0 Å². The van der Waals surface area contributed by atoms with Crippen LogP contribution in [0.3, 0.4) is 0 Å². The third kappa shape index (κ3) is 4.34. The maximum Gasteiger partial charge on any atom is 0.159 e. The van der Waals surface area contributed by atoms with Crippen molar-refractivity contribution in [3.05, 3.63) is 182 Å². The number of aromatic nitrogens is 2. The molecule has 0 aliphatic carbocycles. The molecule has 4 nitrogen and oxygen atoms in total. The Kier molecular flexibility index (Phi) is 6.22. The van der Waals surface area contributed by atoms with Gasteiger partial charge in [0.15, 0.2) is 5.58 Å². The first kappa shape index (κ1) is 28.8. The van der Waals surface area contributed by atoms with Crippen molar-refractivity contribution in [3.63, 3.8) is 0 Å². The van der Waals surface area contributed by atoms with Gasteiger partial charge in [-0.2, -0.15) is 0 Å². The Balaban J connectivity index is 1.07. The molecule has 0 radical (unpaired) electrons. The summed E-state index contributed by atoms with van der Waals surface area (Å²) in [7, 11) is 0. The molecule has 8 aromatic carbocycles. The van der Waals surface area contributed by atoms with Gasteiger partial charge >= 0.3 is 0 Å². The molecule has 0 fully saturated rings. The van der Waals surface area contributed by atoms with E-state index < -0.39 is 0 Å². The number of fused-ring (bicyclic) bond motifs is 9. The molecule has 4 heteroatoms. The zero-order chi connectivity index (χ0) is 34.2. The van der Waals surface area contributed by atoms with E-state index in [1.807, 2.05) is 54.6 Å². The van der Waals surface area contributed by atoms with E-state index in [4.69, 9.17) is 9.15 Å². The lowest BCUT2D eigenvalue weighted by Gasteiger charge is -2.11. The Morgan fingerprint density at radius 2 is 0.962 bits per heavy atom. The number of furan rings is 1. The van der Waals surface area contributed by atoms with Crippen molar-refractivity contribution in [2.75, 3.05) is 0 Å². The predicted octanol–water partition coefficient (Wildman–Crippen LogP) is 13.2. The van der Waals surface area contributed by atoms with Crippen molar-refractivity contribution in [1.29, 1.82) is 0 Å². The third-order valence-corrected chi connectivity index (χ3v) is 10.4. The molecule has 0 atom stereocenters. The fourth-order valence-corrected chi connectivity index (χ4v) is 8.04. The number of hydrogen-bond donors (Lipinski definition) is 0. The number of ether oxygens (including phenoxy) is 1. The standard InChI is InChI=1S/C48H30N2O2/c1-2-11-34(12-3-1)51-35-25-23-33(24-26-35)49-42-17-7-5-14-37(42)41-29-31(22-28-44(41)49)32-21-27-38-36-13-4-8-18-43(36)50(46(38)30-32)45-19-10-16-40-39-15-6-9-20-47(39)52-48(40)45/h1-30H. The maximum atomic E-state index is 6.55. The fourth-order valence-electron chi connectivity index (χ4n) is 8.04. The lowest BCUT2D eigenvalue weighted by molar-refractivity contribution is 0.482. The van der Waals surface area contributed by atoms with Gasteiger partial charge in [0.25, 0.3) is 0 Å². The van der Waals surface area contributed by atoms with E-state index in [0.717, 1.165) is 66.9 Å². The zero-order valence-corrected chi connectivity index (χ0v) is 28.0. The Hall–Kier alpha value is -7.04. The van der Waals surface area contributed by atoms with Crippen LogP contribution in [0.2, 0.25) is 0 Å². The second-order valence-electron chi connectivity index (χ2n) is 13.3. The summed E-state index contributed by atoms with van der Waals surface area (Å²) in [5.74, 6) is 1.63. The maximum absolute atomic E-state index is 6.55. The molecule has 0 bridgehead atoms. The highest BCUT2D eigenvalue weighted by Crippen LogP contribution is 2.40. The van der Waals surface area contributed by atoms with Crippen LogP contribution in [-0.2, 0) is 0 Å². The molecule has 0 aliphatic heterocycles. The van der Waals surface area contributed by atoms with Crippen LogP contribution in [0.15, 0.2) is 186 Å². The topological polar surface area (TPSA) is 32.2 Å². The molecule has 0 N–H and O–H groups in total. The van der Waals surface area contributed by atoms with Gasteiger partial charge in [-0.05, 0) is 90.0 Å². The number of hydrogen-bond acceptors (Lipinski definition) is 2. The molecule has 0 saturated carbocycles. The molecule has 11 rings (SSSR count). The molecular weight excluding hydrogens is 637 g/mol. The molecule has 11 aromatic rings. The summed E-state index contributed by atoms with van der Waals surface area (Å²) in [6.07, 6.45) is 0.